The second-order valence-electron chi connectivity index (χ2n) is 4.53. The molecule has 1 N–H and O–H groups in total. The molecule has 3 aromatic rings. The molecule has 0 aliphatic carbocycles. The minimum absolute atomic E-state index is 0.110. The van der Waals surface area contributed by atoms with E-state index in [1.54, 1.807) is 30.3 Å². The first-order valence-corrected chi connectivity index (χ1v) is 6.94. The molecule has 0 saturated carbocycles. The number of hydrogen-bond donors (Lipinski definition) is 1. The van der Waals surface area contributed by atoms with E-state index in [1.807, 2.05) is 0 Å². The van der Waals surface area contributed by atoms with E-state index >= 15 is 0 Å². The van der Waals surface area contributed by atoms with Crippen LogP contribution in [0.25, 0.3) is 0 Å². The maximum atomic E-state index is 12.0. The van der Waals surface area contributed by atoms with Crippen molar-refractivity contribution in [3.8, 4) is 11.5 Å². The van der Waals surface area contributed by atoms with Crippen molar-refractivity contribution in [1.82, 2.24) is 15.2 Å². The Morgan fingerprint density at radius 1 is 1.22 bits per heavy atom. The van der Waals surface area contributed by atoms with Crippen LogP contribution in [0.1, 0.15) is 16.4 Å². The summed E-state index contributed by atoms with van der Waals surface area (Å²) in [7, 11) is 0. The lowest BCUT2D eigenvalue weighted by Gasteiger charge is -2.05. The number of nitrogens with one attached hydrogen (secondary N) is 1. The highest BCUT2D eigenvalue weighted by Gasteiger charge is 2.22. The van der Waals surface area contributed by atoms with Crippen molar-refractivity contribution in [2.24, 2.45) is 0 Å². The van der Waals surface area contributed by atoms with Crippen LogP contribution in [0.3, 0.4) is 0 Å². The van der Waals surface area contributed by atoms with Crippen LogP contribution >= 0.6 is 11.6 Å². The number of nitrogens with zero attached hydrogens (tertiary/aromatic N) is 2. The van der Waals surface area contributed by atoms with Gasteiger partial charge in [-0.1, -0.05) is 11.6 Å². The van der Waals surface area contributed by atoms with E-state index in [0.717, 1.165) is 6.33 Å². The maximum absolute atomic E-state index is 12.0. The minimum atomic E-state index is -0.767. The highest BCUT2D eigenvalue weighted by Crippen LogP contribution is 2.28. The smallest absolute Gasteiger partial charge is 0.265 e. The molecule has 2 aromatic heterocycles. The maximum Gasteiger partial charge on any atom is 0.265 e. The number of hydrogen-bond acceptors (Lipinski definition) is 6. The van der Waals surface area contributed by atoms with Gasteiger partial charge in [0.2, 0.25) is 5.78 Å². The average Bonchev–Trinajstić information content (AvgIpc) is 3.21. The highest BCUT2D eigenvalue weighted by molar-refractivity contribution is 6.43. The van der Waals surface area contributed by atoms with Crippen molar-refractivity contribution < 1.29 is 18.7 Å². The Morgan fingerprint density at radius 2 is 2.00 bits per heavy atom. The van der Waals surface area contributed by atoms with Gasteiger partial charge in [-0.3, -0.25) is 14.7 Å². The second kappa shape index (κ2) is 6.45. The van der Waals surface area contributed by atoms with Gasteiger partial charge in [-0.2, -0.15) is 5.10 Å². The van der Waals surface area contributed by atoms with Crippen LogP contribution < -0.4 is 4.74 Å². The predicted molar refractivity (Wildman–Crippen MR) is 79.7 cm³/mol. The Labute approximate surface area is 135 Å². The van der Waals surface area contributed by atoms with Crippen LogP contribution in [-0.2, 0) is 11.2 Å². The SMILES string of the molecule is O=C(Cc1occc1Oc1ccc(Cl)cc1)C(=O)c1ncn[nH]1. The van der Waals surface area contributed by atoms with Crippen LogP contribution in [0.15, 0.2) is 47.3 Å². The molecular weight excluding hydrogens is 322 g/mol. The number of H-pyrrole nitrogens is 1. The molecule has 8 heteroatoms. The van der Waals surface area contributed by atoms with Gasteiger partial charge in [-0.25, -0.2) is 4.98 Å². The van der Waals surface area contributed by atoms with Crippen molar-refractivity contribution in [3.05, 3.63) is 59.5 Å². The molecule has 0 saturated heterocycles. The van der Waals surface area contributed by atoms with Gasteiger partial charge >= 0.3 is 0 Å². The molecule has 0 atom stereocenters. The zero-order valence-electron chi connectivity index (χ0n) is 11.7. The van der Waals surface area contributed by atoms with Crippen molar-refractivity contribution in [2.75, 3.05) is 0 Å². The highest BCUT2D eigenvalue weighted by atomic mass is 35.5. The lowest BCUT2D eigenvalue weighted by Crippen LogP contribution is -2.18. The molecule has 0 bridgehead atoms. The van der Waals surface area contributed by atoms with Crippen LogP contribution in [-0.4, -0.2) is 26.7 Å². The monoisotopic (exact) mass is 331 g/mol. The summed E-state index contributed by atoms with van der Waals surface area (Å²) in [6.45, 7) is 0. The van der Waals surface area contributed by atoms with Gasteiger partial charge < -0.3 is 9.15 Å². The third kappa shape index (κ3) is 3.46. The molecule has 0 aliphatic rings. The Hall–Kier alpha value is -2.93. The van der Waals surface area contributed by atoms with E-state index in [1.165, 1.54) is 6.26 Å². The summed E-state index contributed by atoms with van der Waals surface area (Å²) in [6.07, 6.45) is 2.30. The van der Waals surface area contributed by atoms with Crippen molar-refractivity contribution >= 4 is 23.2 Å². The molecule has 0 fully saturated rings. The van der Waals surface area contributed by atoms with E-state index in [9.17, 15) is 9.59 Å². The number of furan rings is 1. The lowest BCUT2D eigenvalue weighted by molar-refractivity contribution is -0.114. The Bertz CT molecular complexity index is 825. The van der Waals surface area contributed by atoms with Crippen LogP contribution in [0.2, 0.25) is 5.02 Å². The van der Waals surface area contributed by atoms with Gasteiger partial charge in [0.25, 0.3) is 5.78 Å². The summed E-state index contributed by atoms with van der Waals surface area (Å²) in [5, 5.41) is 6.47. The van der Waals surface area contributed by atoms with Crippen LogP contribution in [0.5, 0.6) is 11.5 Å². The number of ketones is 2. The average molecular weight is 332 g/mol. The van der Waals surface area contributed by atoms with Crippen LogP contribution in [0.4, 0.5) is 0 Å². The van der Waals surface area contributed by atoms with Gasteiger partial charge in [0.1, 0.15) is 12.1 Å². The molecule has 0 amide bonds. The Kier molecular flexibility index (Phi) is 4.20. The summed E-state index contributed by atoms with van der Waals surface area (Å²) in [5.74, 6) is -0.425. The van der Waals surface area contributed by atoms with Gasteiger partial charge in [-0.05, 0) is 24.3 Å². The first kappa shape index (κ1) is 15.0. The Morgan fingerprint density at radius 3 is 2.70 bits per heavy atom. The van der Waals surface area contributed by atoms with Gasteiger partial charge in [0, 0.05) is 11.1 Å². The van der Waals surface area contributed by atoms with Gasteiger partial charge in [-0.15, -0.1) is 0 Å². The zero-order valence-corrected chi connectivity index (χ0v) is 12.4. The fourth-order valence-electron chi connectivity index (χ4n) is 1.85. The molecule has 0 unspecified atom stereocenters. The number of halogens is 1. The molecule has 0 aliphatic heterocycles. The number of aromatic nitrogens is 3. The fraction of sp³-hybridized carbons (Fsp3) is 0.0667. The van der Waals surface area contributed by atoms with Crippen LogP contribution in [0, 0.1) is 0 Å². The third-order valence-electron chi connectivity index (χ3n) is 2.95. The van der Waals surface area contributed by atoms with E-state index in [4.69, 9.17) is 20.8 Å². The summed E-state index contributed by atoms with van der Waals surface area (Å²) in [6, 6.07) is 8.28. The van der Waals surface area contributed by atoms with Gasteiger partial charge in [0.15, 0.2) is 17.3 Å². The topological polar surface area (TPSA) is 98.1 Å². The number of aromatic amines is 1. The number of Topliss-reactive ketones (excluding diaryl/α,β-unsaturated/α-hetero) is 2. The number of rotatable bonds is 6. The quantitative estimate of drug-likeness (QED) is 0.551. The normalized spacial score (nSPS) is 10.5. The van der Waals surface area contributed by atoms with Crippen molar-refractivity contribution in [3.63, 3.8) is 0 Å². The van der Waals surface area contributed by atoms with Gasteiger partial charge in [0.05, 0.1) is 12.7 Å². The zero-order chi connectivity index (χ0) is 16.2. The number of carbonyl (C=O) groups excluding carboxylic acids is 2. The molecule has 2 heterocycles. The van der Waals surface area contributed by atoms with E-state index < -0.39 is 11.6 Å². The minimum Gasteiger partial charge on any atom is -0.465 e. The molecule has 3 rings (SSSR count). The molecule has 0 spiro atoms. The number of carbonyl (C=O) groups is 2. The van der Waals surface area contributed by atoms with Crippen molar-refractivity contribution in [1.29, 1.82) is 0 Å². The van der Waals surface area contributed by atoms with E-state index in [0.29, 0.717) is 16.5 Å². The third-order valence-corrected chi connectivity index (χ3v) is 3.20. The lowest BCUT2D eigenvalue weighted by atomic mass is 10.1. The largest absolute Gasteiger partial charge is 0.465 e. The second-order valence-corrected chi connectivity index (χ2v) is 4.96. The fourth-order valence-corrected chi connectivity index (χ4v) is 1.98. The predicted octanol–water partition coefficient (Wildman–Crippen LogP) is 2.84. The van der Waals surface area contributed by atoms with E-state index in [2.05, 4.69) is 15.2 Å². The standard InChI is InChI=1S/C15H10ClN3O4/c16-9-1-3-10(4-2-9)23-12-5-6-22-13(12)7-11(20)14(21)15-17-8-18-19-15/h1-6,8H,7H2,(H,17,18,19). The van der Waals surface area contributed by atoms with E-state index in [-0.39, 0.29) is 18.0 Å². The number of benzene rings is 1. The summed E-state index contributed by atoms with van der Waals surface area (Å²) >= 11 is 5.81. The summed E-state index contributed by atoms with van der Waals surface area (Å²) in [4.78, 5) is 27.5. The first-order chi connectivity index (χ1) is 11.1. The Balaban J connectivity index is 1.72. The molecule has 23 heavy (non-hydrogen) atoms. The first-order valence-electron chi connectivity index (χ1n) is 6.56. The molecule has 116 valence electrons. The number of ether oxygens (including phenoxy) is 1. The molecule has 0 radical (unpaired) electrons. The molecular formula is C15H10ClN3O4. The van der Waals surface area contributed by atoms with Crippen molar-refractivity contribution in [2.45, 2.75) is 6.42 Å². The summed E-state index contributed by atoms with van der Waals surface area (Å²) < 4.78 is 10.9. The summed E-state index contributed by atoms with van der Waals surface area (Å²) in [5.41, 5.74) is 0. The molecule has 1 aromatic carbocycles. The molecule has 7 nitrogen and oxygen atoms in total.